The van der Waals surface area contributed by atoms with E-state index in [4.69, 9.17) is 0 Å². The normalized spacial score (nSPS) is 11.7. The van der Waals surface area contributed by atoms with E-state index in [0.717, 1.165) is 17.7 Å². The summed E-state index contributed by atoms with van der Waals surface area (Å²) in [5.74, 6) is 0. The third-order valence-corrected chi connectivity index (χ3v) is 2.30. The van der Waals surface area contributed by atoms with E-state index in [1.165, 1.54) is 18.3 Å². The Morgan fingerprint density at radius 2 is 1.84 bits per heavy atom. The van der Waals surface area contributed by atoms with Gasteiger partial charge in [-0.25, -0.2) is 0 Å². The zero-order valence-electron chi connectivity index (χ0n) is 9.72. The molecule has 1 N–H and O–H groups in total. The van der Waals surface area contributed by atoms with Crippen LogP contribution < -0.4 is 5.43 Å². The molecule has 2 rings (SSSR count). The largest absolute Gasteiger partial charge is 0.416 e. The third-order valence-electron chi connectivity index (χ3n) is 2.30. The van der Waals surface area contributed by atoms with E-state index < -0.39 is 11.7 Å². The minimum Gasteiger partial charge on any atom is -0.278 e. The summed E-state index contributed by atoms with van der Waals surface area (Å²) in [6, 6.07) is 8.32. The van der Waals surface area contributed by atoms with Gasteiger partial charge in [0, 0.05) is 12.4 Å². The number of halogens is 3. The number of rotatable bonds is 3. The Kier molecular flexibility index (Phi) is 3.79. The van der Waals surface area contributed by atoms with Crippen LogP contribution in [0.15, 0.2) is 53.9 Å². The van der Waals surface area contributed by atoms with Crippen molar-refractivity contribution in [2.75, 3.05) is 5.43 Å². The van der Waals surface area contributed by atoms with Crippen molar-refractivity contribution in [2.24, 2.45) is 5.10 Å². The summed E-state index contributed by atoms with van der Waals surface area (Å²) >= 11 is 0. The van der Waals surface area contributed by atoms with Crippen molar-refractivity contribution in [1.29, 1.82) is 0 Å². The molecule has 0 fully saturated rings. The lowest BCUT2D eigenvalue weighted by molar-refractivity contribution is -0.137. The molecule has 0 aliphatic carbocycles. The van der Waals surface area contributed by atoms with Crippen LogP contribution in [-0.4, -0.2) is 11.2 Å². The van der Waals surface area contributed by atoms with E-state index in [1.807, 2.05) is 0 Å². The van der Waals surface area contributed by atoms with Gasteiger partial charge in [0.2, 0.25) is 0 Å². The molecule has 98 valence electrons. The van der Waals surface area contributed by atoms with Crippen molar-refractivity contribution in [3.63, 3.8) is 0 Å². The number of anilines is 1. The van der Waals surface area contributed by atoms with Crippen molar-refractivity contribution < 1.29 is 13.2 Å². The Labute approximate surface area is 107 Å². The molecular formula is C13H10F3N3. The summed E-state index contributed by atoms with van der Waals surface area (Å²) in [5.41, 5.74) is 2.92. The number of pyridine rings is 1. The molecule has 0 amide bonds. The molecule has 19 heavy (non-hydrogen) atoms. The van der Waals surface area contributed by atoms with Crippen molar-refractivity contribution in [1.82, 2.24) is 4.98 Å². The second-order valence-electron chi connectivity index (χ2n) is 3.73. The van der Waals surface area contributed by atoms with E-state index in [9.17, 15) is 13.2 Å². The molecule has 0 radical (unpaired) electrons. The van der Waals surface area contributed by atoms with Crippen LogP contribution in [0.5, 0.6) is 0 Å². The number of hydrazone groups is 1. The number of benzene rings is 1. The van der Waals surface area contributed by atoms with Gasteiger partial charge in [-0.1, -0.05) is 6.07 Å². The Morgan fingerprint density at radius 3 is 2.53 bits per heavy atom. The second kappa shape index (κ2) is 5.51. The van der Waals surface area contributed by atoms with Crippen LogP contribution in [0.25, 0.3) is 0 Å². The first-order valence-electron chi connectivity index (χ1n) is 5.42. The predicted octanol–water partition coefficient (Wildman–Crippen LogP) is 3.55. The fourth-order valence-electron chi connectivity index (χ4n) is 1.40. The van der Waals surface area contributed by atoms with Gasteiger partial charge in [-0.2, -0.15) is 18.3 Å². The average Bonchev–Trinajstić information content (AvgIpc) is 2.39. The summed E-state index contributed by atoms with van der Waals surface area (Å²) in [7, 11) is 0. The van der Waals surface area contributed by atoms with Gasteiger partial charge in [-0.05, 0) is 35.9 Å². The van der Waals surface area contributed by atoms with Crippen LogP contribution in [0.2, 0.25) is 0 Å². The lowest BCUT2D eigenvalue weighted by Gasteiger charge is -2.07. The van der Waals surface area contributed by atoms with Crippen LogP contribution >= 0.6 is 0 Å². The molecule has 0 spiro atoms. The van der Waals surface area contributed by atoms with Gasteiger partial charge in [0.05, 0.1) is 17.5 Å². The Bertz CT molecular complexity index is 565. The molecule has 0 bridgehead atoms. The van der Waals surface area contributed by atoms with Crippen molar-refractivity contribution in [2.45, 2.75) is 6.18 Å². The van der Waals surface area contributed by atoms with Crippen molar-refractivity contribution in [3.05, 3.63) is 59.9 Å². The topological polar surface area (TPSA) is 37.3 Å². The minimum atomic E-state index is -4.35. The zero-order chi connectivity index (χ0) is 13.7. The standard InChI is InChI=1S/C13H10F3N3/c14-13(15,16)11-2-1-3-12(8-11)19-18-9-10-4-6-17-7-5-10/h1-9,19H/b18-9-. The first-order chi connectivity index (χ1) is 9.05. The van der Waals surface area contributed by atoms with Gasteiger partial charge >= 0.3 is 6.18 Å². The molecule has 1 heterocycles. The van der Waals surface area contributed by atoms with E-state index in [2.05, 4.69) is 15.5 Å². The lowest BCUT2D eigenvalue weighted by Crippen LogP contribution is -2.05. The highest BCUT2D eigenvalue weighted by Crippen LogP contribution is 2.30. The average molecular weight is 265 g/mol. The second-order valence-corrected chi connectivity index (χ2v) is 3.73. The Hall–Kier alpha value is -2.37. The maximum Gasteiger partial charge on any atom is 0.416 e. The summed E-state index contributed by atoms with van der Waals surface area (Å²) in [6.45, 7) is 0. The SMILES string of the molecule is FC(F)(F)c1cccc(N/N=C\c2ccncc2)c1. The van der Waals surface area contributed by atoms with Crippen LogP contribution in [0, 0.1) is 0 Å². The van der Waals surface area contributed by atoms with Gasteiger partial charge in [-0.15, -0.1) is 0 Å². The number of hydrogen-bond donors (Lipinski definition) is 1. The highest BCUT2D eigenvalue weighted by Gasteiger charge is 2.30. The number of nitrogens with one attached hydrogen (secondary N) is 1. The predicted molar refractivity (Wildman–Crippen MR) is 66.9 cm³/mol. The summed E-state index contributed by atoms with van der Waals surface area (Å²) in [6.07, 6.45) is 0.353. The van der Waals surface area contributed by atoms with Gasteiger partial charge in [0.15, 0.2) is 0 Å². The molecule has 2 aromatic rings. The number of nitrogens with zero attached hydrogens (tertiary/aromatic N) is 2. The first kappa shape index (κ1) is 13.1. The molecule has 0 saturated heterocycles. The molecule has 3 nitrogen and oxygen atoms in total. The molecule has 1 aromatic heterocycles. The quantitative estimate of drug-likeness (QED) is 0.680. The van der Waals surface area contributed by atoms with Gasteiger partial charge in [0.1, 0.15) is 0 Å². The molecule has 0 unspecified atom stereocenters. The van der Waals surface area contributed by atoms with E-state index in [0.29, 0.717) is 0 Å². The summed E-state index contributed by atoms with van der Waals surface area (Å²) < 4.78 is 37.4. The highest BCUT2D eigenvalue weighted by atomic mass is 19.4. The zero-order valence-corrected chi connectivity index (χ0v) is 9.72. The maximum atomic E-state index is 12.5. The number of alkyl halides is 3. The van der Waals surface area contributed by atoms with Gasteiger partial charge in [0.25, 0.3) is 0 Å². The summed E-state index contributed by atoms with van der Waals surface area (Å²) in [5, 5.41) is 3.86. The molecule has 0 aliphatic heterocycles. The van der Waals surface area contributed by atoms with E-state index in [1.54, 1.807) is 24.5 Å². The third kappa shape index (κ3) is 3.80. The molecule has 0 atom stereocenters. The molecule has 1 aromatic carbocycles. The molecule has 0 saturated carbocycles. The first-order valence-corrected chi connectivity index (χ1v) is 5.42. The van der Waals surface area contributed by atoms with Gasteiger partial charge in [-0.3, -0.25) is 10.4 Å². The van der Waals surface area contributed by atoms with Gasteiger partial charge < -0.3 is 0 Å². The smallest absolute Gasteiger partial charge is 0.278 e. The minimum absolute atomic E-state index is 0.278. The maximum absolute atomic E-state index is 12.5. The number of aromatic nitrogens is 1. The Morgan fingerprint density at radius 1 is 1.11 bits per heavy atom. The van der Waals surface area contributed by atoms with Crippen LogP contribution in [0.3, 0.4) is 0 Å². The fourth-order valence-corrected chi connectivity index (χ4v) is 1.40. The monoisotopic (exact) mass is 265 g/mol. The highest BCUT2D eigenvalue weighted by molar-refractivity contribution is 5.79. The lowest BCUT2D eigenvalue weighted by atomic mass is 10.2. The van der Waals surface area contributed by atoms with E-state index in [-0.39, 0.29) is 5.69 Å². The van der Waals surface area contributed by atoms with Crippen LogP contribution in [0.1, 0.15) is 11.1 Å². The molecular weight excluding hydrogens is 255 g/mol. The van der Waals surface area contributed by atoms with Crippen molar-refractivity contribution in [3.8, 4) is 0 Å². The molecule has 6 heteroatoms. The fraction of sp³-hybridized carbons (Fsp3) is 0.0769. The number of hydrogen-bond acceptors (Lipinski definition) is 3. The van der Waals surface area contributed by atoms with Crippen molar-refractivity contribution >= 4 is 11.9 Å². The summed E-state index contributed by atoms with van der Waals surface area (Å²) in [4.78, 5) is 3.84. The van der Waals surface area contributed by atoms with Crippen LogP contribution in [0.4, 0.5) is 18.9 Å². The van der Waals surface area contributed by atoms with Crippen LogP contribution in [-0.2, 0) is 6.18 Å². The van der Waals surface area contributed by atoms with E-state index >= 15 is 0 Å². The Balaban J connectivity index is 2.06. The molecule has 0 aliphatic rings.